The van der Waals surface area contributed by atoms with Gasteiger partial charge >= 0.3 is 0 Å². The van der Waals surface area contributed by atoms with Crippen molar-refractivity contribution >= 4 is 9.84 Å². The van der Waals surface area contributed by atoms with Crippen LogP contribution in [0.1, 0.15) is 0 Å². The van der Waals surface area contributed by atoms with Crippen LogP contribution in [0.3, 0.4) is 0 Å². The molecular formula is C6H12O6S. The molecule has 0 saturated carbocycles. The van der Waals surface area contributed by atoms with Gasteiger partial charge in [0.2, 0.25) is 0 Å². The van der Waals surface area contributed by atoms with Crippen molar-refractivity contribution in [2.75, 3.05) is 12.9 Å². The van der Waals surface area contributed by atoms with Crippen molar-refractivity contribution < 1.29 is 28.5 Å². The third-order valence-electron chi connectivity index (χ3n) is 1.88. The Bertz CT molecular complexity index is 273. The van der Waals surface area contributed by atoms with Gasteiger partial charge in [-0.25, -0.2) is 8.42 Å². The van der Waals surface area contributed by atoms with Gasteiger partial charge in [0.05, 0.1) is 6.61 Å². The van der Waals surface area contributed by atoms with Gasteiger partial charge in [-0.05, 0) is 0 Å². The molecule has 3 N–H and O–H groups in total. The average molecular weight is 212 g/mol. The van der Waals surface area contributed by atoms with E-state index in [9.17, 15) is 13.5 Å². The minimum atomic E-state index is -3.57. The van der Waals surface area contributed by atoms with E-state index in [1.165, 1.54) is 0 Å². The first-order valence-corrected chi connectivity index (χ1v) is 5.64. The number of aliphatic hydroxyl groups is 3. The third kappa shape index (κ3) is 2.18. The second-order valence-corrected chi connectivity index (χ2v) is 5.20. The van der Waals surface area contributed by atoms with Crippen molar-refractivity contribution in [2.45, 2.75) is 23.7 Å². The largest absolute Gasteiger partial charge is 0.388 e. The van der Waals surface area contributed by atoms with Crippen LogP contribution in [0.25, 0.3) is 0 Å². The Morgan fingerprint density at radius 3 is 2.23 bits per heavy atom. The Balaban J connectivity index is 2.82. The van der Waals surface area contributed by atoms with Crippen molar-refractivity contribution in [3.05, 3.63) is 0 Å². The number of hydrogen-bond acceptors (Lipinski definition) is 6. The third-order valence-corrected chi connectivity index (χ3v) is 3.14. The maximum atomic E-state index is 11.0. The van der Waals surface area contributed by atoms with E-state index >= 15 is 0 Å². The number of aliphatic hydroxyl groups excluding tert-OH is 3. The summed E-state index contributed by atoms with van der Waals surface area (Å²) in [6.07, 6.45) is -3.43. The van der Waals surface area contributed by atoms with Crippen LogP contribution in [0, 0.1) is 0 Å². The quantitative estimate of drug-likeness (QED) is 0.443. The summed E-state index contributed by atoms with van der Waals surface area (Å²) < 4.78 is 26.6. The van der Waals surface area contributed by atoms with Crippen LogP contribution in [0.15, 0.2) is 0 Å². The summed E-state index contributed by atoms with van der Waals surface area (Å²) in [5.41, 5.74) is -1.45. The molecule has 0 amide bonds. The molecule has 1 saturated heterocycles. The molecule has 7 heteroatoms. The van der Waals surface area contributed by atoms with E-state index in [1.807, 2.05) is 0 Å². The zero-order valence-electron chi connectivity index (χ0n) is 6.99. The first-order chi connectivity index (χ1) is 5.84. The van der Waals surface area contributed by atoms with Gasteiger partial charge in [0.15, 0.2) is 15.3 Å². The molecule has 0 bridgehead atoms. The minimum Gasteiger partial charge on any atom is -0.388 e. The molecule has 1 heterocycles. The zero-order valence-corrected chi connectivity index (χ0v) is 7.81. The van der Waals surface area contributed by atoms with E-state index in [2.05, 4.69) is 4.74 Å². The summed E-state index contributed by atoms with van der Waals surface area (Å²) in [5, 5.41) is 27.4. The van der Waals surface area contributed by atoms with Crippen molar-refractivity contribution in [3.8, 4) is 0 Å². The highest BCUT2D eigenvalue weighted by molar-refractivity contribution is 7.91. The highest BCUT2D eigenvalue weighted by Gasteiger charge is 2.42. The topological polar surface area (TPSA) is 104 Å². The standard InChI is InChI=1S/C6H12O6S/c1-13(10,11)6-5(9)4(8)3(7)2-12-6/h3-9H,2H2,1H3. The maximum absolute atomic E-state index is 11.0. The van der Waals surface area contributed by atoms with Gasteiger partial charge in [0, 0.05) is 6.26 Å². The van der Waals surface area contributed by atoms with Crippen LogP contribution in [-0.4, -0.2) is 60.3 Å². The molecule has 0 aliphatic carbocycles. The summed E-state index contributed by atoms with van der Waals surface area (Å²) >= 11 is 0. The molecule has 6 nitrogen and oxygen atoms in total. The van der Waals surface area contributed by atoms with Crippen molar-refractivity contribution in [3.63, 3.8) is 0 Å². The van der Waals surface area contributed by atoms with E-state index in [4.69, 9.17) is 10.2 Å². The smallest absolute Gasteiger partial charge is 0.186 e. The van der Waals surface area contributed by atoms with Gasteiger partial charge in [0.1, 0.15) is 18.3 Å². The summed E-state index contributed by atoms with van der Waals surface area (Å²) in [7, 11) is -3.57. The number of ether oxygens (including phenoxy) is 1. The van der Waals surface area contributed by atoms with Gasteiger partial charge in [-0.3, -0.25) is 0 Å². The Kier molecular flexibility index (Phi) is 2.93. The first kappa shape index (κ1) is 10.9. The predicted molar refractivity (Wildman–Crippen MR) is 42.6 cm³/mol. The molecule has 0 radical (unpaired) electrons. The molecule has 0 spiro atoms. The normalized spacial score (nSPS) is 41.8. The molecule has 0 aromatic rings. The molecule has 1 aliphatic heterocycles. The van der Waals surface area contributed by atoms with E-state index in [1.54, 1.807) is 0 Å². The van der Waals surface area contributed by atoms with Gasteiger partial charge in [-0.1, -0.05) is 0 Å². The zero-order chi connectivity index (χ0) is 10.2. The lowest BCUT2D eigenvalue weighted by molar-refractivity contribution is -0.163. The van der Waals surface area contributed by atoms with E-state index in [-0.39, 0.29) is 6.61 Å². The monoisotopic (exact) mass is 212 g/mol. The van der Waals surface area contributed by atoms with Gasteiger partial charge in [-0.2, -0.15) is 0 Å². The van der Waals surface area contributed by atoms with Crippen molar-refractivity contribution in [1.82, 2.24) is 0 Å². The van der Waals surface area contributed by atoms with Crippen LogP contribution in [0.5, 0.6) is 0 Å². The van der Waals surface area contributed by atoms with E-state index in [0.29, 0.717) is 0 Å². The van der Waals surface area contributed by atoms with Crippen LogP contribution in [0.2, 0.25) is 0 Å². The Morgan fingerprint density at radius 2 is 1.77 bits per heavy atom. The number of hydrogen-bond donors (Lipinski definition) is 3. The second-order valence-electron chi connectivity index (χ2n) is 3.08. The molecule has 0 aromatic carbocycles. The lowest BCUT2D eigenvalue weighted by atomic mass is 10.1. The molecule has 4 unspecified atom stereocenters. The number of rotatable bonds is 1. The van der Waals surface area contributed by atoms with Crippen LogP contribution in [0.4, 0.5) is 0 Å². The fraction of sp³-hybridized carbons (Fsp3) is 1.00. The number of sulfone groups is 1. The lowest BCUT2D eigenvalue weighted by Gasteiger charge is -2.33. The molecule has 4 atom stereocenters. The summed E-state index contributed by atoms with van der Waals surface area (Å²) in [4.78, 5) is 0. The summed E-state index contributed by atoms with van der Waals surface area (Å²) in [5.74, 6) is 0. The molecular weight excluding hydrogens is 200 g/mol. The summed E-state index contributed by atoms with van der Waals surface area (Å²) in [6, 6.07) is 0. The Morgan fingerprint density at radius 1 is 1.23 bits per heavy atom. The molecule has 1 fully saturated rings. The SMILES string of the molecule is CS(=O)(=O)C1OCC(O)C(O)C1O. The maximum Gasteiger partial charge on any atom is 0.186 e. The second kappa shape index (κ2) is 3.50. The molecule has 1 aliphatic rings. The highest BCUT2D eigenvalue weighted by atomic mass is 32.2. The highest BCUT2D eigenvalue weighted by Crippen LogP contribution is 2.18. The molecule has 78 valence electrons. The first-order valence-electron chi connectivity index (χ1n) is 3.68. The lowest BCUT2D eigenvalue weighted by Crippen LogP contribution is -2.55. The van der Waals surface area contributed by atoms with Crippen LogP contribution in [-0.2, 0) is 14.6 Å². The molecule has 1 rings (SSSR count). The fourth-order valence-electron chi connectivity index (χ4n) is 1.16. The Hall–Kier alpha value is -0.210. The van der Waals surface area contributed by atoms with Crippen LogP contribution < -0.4 is 0 Å². The minimum absolute atomic E-state index is 0.296. The predicted octanol–water partition coefficient (Wildman–Crippen LogP) is -2.53. The molecule has 13 heavy (non-hydrogen) atoms. The average Bonchev–Trinajstić information content (AvgIpc) is 1.98. The van der Waals surface area contributed by atoms with Gasteiger partial charge in [-0.15, -0.1) is 0 Å². The summed E-state index contributed by atoms with van der Waals surface area (Å²) in [6.45, 7) is -0.296. The van der Waals surface area contributed by atoms with Crippen molar-refractivity contribution in [2.24, 2.45) is 0 Å². The molecule has 0 aromatic heterocycles. The van der Waals surface area contributed by atoms with Crippen LogP contribution >= 0.6 is 0 Å². The Labute approximate surface area is 75.7 Å². The van der Waals surface area contributed by atoms with Gasteiger partial charge in [0.25, 0.3) is 0 Å². The fourth-order valence-corrected chi connectivity index (χ4v) is 2.15. The van der Waals surface area contributed by atoms with Gasteiger partial charge < -0.3 is 20.1 Å². The van der Waals surface area contributed by atoms with E-state index < -0.39 is 33.6 Å². The van der Waals surface area contributed by atoms with E-state index in [0.717, 1.165) is 6.26 Å². The van der Waals surface area contributed by atoms with Crippen molar-refractivity contribution in [1.29, 1.82) is 0 Å².